The van der Waals surface area contributed by atoms with Crippen molar-refractivity contribution in [2.45, 2.75) is 13.3 Å². The summed E-state index contributed by atoms with van der Waals surface area (Å²) in [6, 6.07) is 0. The third-order valence-electron chi connectivity index (χ3n) is 1.54. The van der Waals surface area contributed by atoms with E-state index in [9.17, 15) is 4.79 Å². The maximum absolute atomic E-state index is 11.0. The van der Waals surface area contributed by atoms with Gasteiger partial charge in [0.05, 0.1) is 0 Å². The van der Waals surface area contributed by atoms with Crippen LogP contribution in [0.15, 0.2) is 24.9 Å². The van der Waals surface area contributed by atoms with Crippen LogP contribution in [0.25, 0.3) is 0 Å². The Kier molecular flexibility index (Phi) is 5.89. The highest BCUT2D eigenvalue weighted by atomic mass is 16.1. The number of carbonyl (C=O) groups is 1. The van der Waals surface area contributed by atoms with Gasteiger partial charge >= 0.3 is 0 Å². The molecule has 0 heterocycles. The highest BCUT2D eigenvalue weighted by Gasteiger charge is 2.02. The van der Waals surface area contributed by atoms with Gasteiger partial charge in [-0.3, -0.25) is 9.69 Å². The molecule has 3 heteroatoms. The van der Waals surface area contributed by atoms with E-state index in [2.05, 4.69) is 18.5 Å². The molecule has 0 saturated carbocycles. The van der Waals surface area contributed by atoms with Gasteiger partial charge in [-0.2, -0.15) is 0 Å². The number of nitrogens with zero attached hydrogens (tertiary/aromatic N) is 1. The monoisotopic (exact) mass is 182 g/mol. The summed E-state index contributed by atoms with van der Waals surface area (Å²) in [5.74, 6) is 0.0111. The van der Waals surface area contributed by atoms with Crippen molar-refractivity contribution in [2.24, 2.45) is 0 Å². The van der Waals surface area contributed by atoms with E-state index in [0.717, 1.165) is 12.2 Å². The minimum Gasteiger partial charge on any atom is -0.329 e. The minimum absolute atomic E-state index is 0.0111. The molecule has 0 atom stereocenters. The number of hydrogen-bond acceptors (Lipinski definition) is 2. The van der Waals surface area contributed by atoms with Crippen molar-refractivity contribution in [3.05, 3.63) is 24.9 Å². The lowest BCUT2D eigenvalue weighted by molar-refractivity contribution is -0.120. The number of nitrogens with one attached hydrogen (secondary N) is 1. The zero-order chi connectivity index (χ0) is 10.3. The van der Waals surface area contributed by atoms with Crippen LogP contribution in [-0.4, -0.2) is 30.9 Å². The Labute approximate surface area is 80.1 Å². The summed E-state index contributed by atoms with van der Waals surface area (Å²) in [7, 11) is 1.95. The second-order valence-corrected chi connectivity index (χ2v) is 2.99. The second kappa shape index (κ2) is 6.43. The lowest BCUT2D eigenvalue weighted by Crippen LogP contribution is -2.30. The number of carbonyl (C=O) groups excluding carboxylic acids is 1. The van der Waals surface area contributed by atoms with Crippen LogP contribution in [0, 0.1) is 0 Å². The van der Waals surface area contributed by atoms with Crippen LogP contribution >= 0.6 is 0 Å². The Balaban J connectivity index is 3.73. The van der Waals surface area contributed by atoms with E-state index in [0.29, 0.717) is 13.0 Å². The predicted octanol–water partition coefficient (Wildman–Crippen LogP) is 1.14. The first kappa shape index (κ1) is 11.9. The Bertz CT molecular complexity index is 199. The van der Waals surface area contributed by atoms with E-state index in [1.165, 1.54) is 0 Å². The standard InChI is InChI=1S/C10H18N2O/c1-5-7-12(4)8-9(3)11-10(13)6-2/h5H,1,3,6-8H2,2,4H3,(H,11,13). The van der Waals surface area contributed by atoms with Gasteiger partial charge in [0.15, 0.2) is 0 Å². The molecule has 0 aliphatic rings. The molecule has 0 unspecified atom stereocenters. The lowest BCUT2D eigenvalue weighted by Gasteiger charge is -2.16. The minimum atomic E-state index is 0.0111. The SMILES string of the molecule is C=CCN(C)CC(=C)NC(=O)CC. The van der Waals surface area contributed by atoms with E-state index < -0.39 is 0 Å². The molecule has 0 bridgehead atoms. The van der Waals surface area contributed by atoms with Gasteiger partial charge in [-0.15, -0.1) is 6.58 Å². The Morgan fingerprint density at radius 1 is 1.62 bits per heavy atom. The lowest BCUT2D eigenvalue weighted by atomic mass is 10.4. The van der Waals surface area contributed by atoms with Gasteiger partial charge in [-0.1, -0.05) is 19.6 Å². The molecule has 1 N–H and O–H groups in total. The van der Waals surface area contributed by atoms with Gasteiger partial charge in [-0.25, -0.2) is 0 Å². The average molecular weight is 182 g/mol. The fourth-order valence-electron chi connectivity index (χ4n) is 0.936. The van der Waals surface area contributed by atoms with E-state index in [1.54, 1.807) is 0 Å². The van der Waals surface area contributed by atoms with Crippen LogP contribution in [0.2, 0.25) is 0 Å². The number of likely N-dealkylation sites (N-methyl/N-ethyl adjacent to an activating group) is 1. The summed E-state index contributed by atoms with van der Waals surface area (Å²) in [5.41, 5.74) is 0.733. The topological polar surface area (TPSA) is 32.3 Å². The Morgan fingerprint density at radius 2 is 2.23 bits per heavy atom. The predicted molar refractivity (Wildman–Crippen MR) is 55.3 cm³/mol. The largest absolute Gasteiger partial charge is 0.329 e. The highest BCUT2D eigenvalue weighted by molar-refractivity contribution is 5.77. The third-order valence-corrected chi connectivity index (χ3v) is 1.54. The fourth-order valence-corrected chi connectivity index (χ4v) is 0.936. The van der Waals surface area contributed by atoms with Crippen LogP contribution < -0.4 is 5.32 Å². The molecule has 0 spiro atoms. The first-order valence-electron chi connectivity index (χ1n) is 4.37. The number of amides is 1. The van der Waals surface area contributed by atoms with Crippen molar-refractivity contribution in [1.29, 1.82) is 0 Å². The van der Waals surface area contributed by atoms with Gasteiger partial charge in [0, 0.05) is 25.2 Å². The first-order valence-corrected chi connectivity index (χ1v) is 4.37. The molecule has 0 aromatic carbocycles. The van der Waals surface area contributed by atoms with Crippen LogP contribution in [0.5, 0.6) is 0 Å². The molecule has 74 valence electrons. The van der Waals surface area contributed by atoms with E-state index in [4.69, 9.17) is 0 Å². The van der Waals surface area contributed by atoms with E-state index in [1.807, 2.05) is 24.9 Å². The molecule has 0 fully saturated rings. The summed E-state index contributed by atoms with van der Waals surface area (Å²) >= 11 is 0. The summed E-state index contributed by atoms with van der Waals surface area (Å²) in [6.45, 7) is 10.7. The van der Waals surface area contributed by atoms with Crippen molar-refractivity contribution in [3.63, 3.8) is 0 Å². The molecule has 0 aliphatic heterocycles. The van der Waals surface area contributed by atoms with Crippen LogP contribution in [0.3, 0.4) is 0 Å². The number of hydrogen-bond donors (Lipinski definition) is 1. The van der Waals surface area contributed by atoms with Crippen LogP contribution in [0.4, 0.5) is 0 Å². The maximum atomic E-state index is 11.0. The van der Waals surface area contributed by atoms with E-state index in [-0.39, 0.29) is 5.91 Å². The zero-order valence-corrected chi connectivity index (χ0v) is 8.47. The molecule has 0 aromatic rings. The zero-order valence-electron chi connectivity index (χ0n) is 8.47. The Morgan fingerprint density at radius 3 is 2.69 bits per heavy atom. The van der Waals surface area contributed by atoms with Crippen molar-refractivity contribution in [2.75, 3.05) is 20.1 Å². The molecule has 3 nitrogen and oxygen atoms in total. The summed E-state index contributed by atoms with van der Waals surface area (Å²) in [5, 5.41) is 2.71. The van der Waals surface area contributed by atoms with Crippen molar-refractivity contribution < 1.29 is 4.79 Å². The highest BCUT2D eigenvalue weighted by Crippen LogP contribution is 1.91. The van der Waals surface area contributed by atoms with Crippen LogP contribution in [-0.2, 0) is 4.79 Å². The molecule has 0 radical (unpaired) electrons. The molecule has 13 heavy (non-hydrogen) atoms. The van der Waals surface area contributed by atoms with E-state index >= 15 is 0 Å². The average Bonchev–Trinajstić information content (AvgIpc) is 2.04. The molecule has 0 aliphatic carbocycles. The maximum Gasteiger partial charge on any atom is 0.223 e. The fraction of sp³-hybridized carbons (Fsp3) is 0.500. The molecular formula is C10H18N2O. The van der Waals surface area contributed by atoms with Crippen molar-refractivity contribution in [3.8, 4) is 0 Å². The van der Waals surface area contributed by atoms with Gasteiger partial charge in [0.1, 0.15) is 0 Å². The quantitative estimate of drug-likeness (QED) is 0.625. The molecular weight excluding hydrogens is 164 g/mol. The van der Waals surface area contributed by atoms with Crippen molar-refractivity contribution >= 4 is 5.91 Å². The van der Waals surface area contributed by atoms with Crippen LogP contribution in [0.1, 0.15) is 13.3 Å². The Hall–Kier alpha value is -1.09. The number of rotatable bonds is 6. The van der Waals surface area contributed by atoms with Crippen molar-refractivity contribution in [1.82, 2.24) is 10.2 Å². The third kappa shape index (κ3) is 6.11. The van der Waals surface area contributed by atoms with Gasteiger partial charge in [0.25, 0.3) is 0 Å². The summed E-state index contributed by atoms with van der Waals surface area (Å²) < 4.78 is 0. The normalized spacial score (nSPS) is 9.77. The molecule has 1 amide bonds. The first-order chi connectivity index (χ1) is 6.10. The van der Waals surface area contributed by atoms with Gasteiger partial charge < -0.3 is 5.32 Å². The second-order valence-electron chi connectivity index (χ2n) is 2.99. The van der Waals surface area contributed by atoms with Gasteiger partial charge in [-0.05, 0) is 7.05 Å². The molecule has 0 aromatic heterocycles. The molecule has 0 saturated heterocycles. The van der Waals surface area contributed by atoms with Gasteiger partial charge in [0.2, 0.25) is 5.91 Å². The molecule has 0 rings (SSSR count). The smallest absolute Gasteiger partial charge is 0.223 e. The summed E-state index contributed by atoms with van der Waals surface area (Å²) in [4.78, 5) is 13.0. The summed E-state index contributed by atoms with van der Waals surface area (Å²) in [6.07, 6.45) is 2.30.